The minimum absolute atomic E-state index is 0.00799. The first-order valence-electron chi connectivity index (χ1n) is 8.77. The Morgan fingerprint density at radius 3 is 2.47 bits per heavy atom. The number of amides is 1. The molecule has 0 unspecified atom stereocenters. The van der Waals surface area contributed by atoms with E-state index in [2.05, 4.69) is 26.2 Å². The van der Waals surface area contributed by atoms with E-state index in [9.17, 15) is 27.9 Å². The average Bonchev–Trinajstić information content (AvgIpc) is 2.99. The van der Waals surface area contributed by atoms with Crippen LogP contribution in [0.4, 0.5) is 18.0 Å². The Labute approximate surface area is 179 Å². The van der Waals surface area contributed by atoms with E-state index in [1.165, 1.54) is 19.1 Å². The lowest BCUT2D eigenvalue weighted by Gasteiger charge is -2.33. The molecule has 0 bridgehead atoms. The number of ether oxygens (including phenoxy) is 1. The van der Waals surface area contributed by atoms with Crippen molar-refractivity contribution in [1.82, 2.24) is 14.9 Å². The van der Waals surface area contributed by atoms with Crippen LogP contribution in [0, 0.1) is 5.82 Å². The second-order valence-corrected chi connectivity index (χ2v) is 8.72. The Bertz CT molecular complexity index is 959. The summed E-state index contributed by atoms with van der Waals surface area (Å²) in [4.78, 5) is 27.4. The number of alkyl halides is 2. The van der Waals surface area contributed by atoms with Crippen LogP contribution in [-0.2, 0) is 16.8 Å². The first-order chi connectivity index (χ1) is 13.7. The van der Waals surface area contributed by atoms with E-state index in [1.54, 1.807) is 20.8 Å². The molecular formula is C19H21BrF3N3O4. The maximum atomic E-state index is 14.7. The van der Waals surface area contributed by atoms with Gasteiger partial charge in [0.1, 0.15) is 17.1 Å². The molecule has 1 atom stereocenters. The predicted octanol–water partition coefficient (Wildman–Crippen LogP) is 4.86. The highest BCUT2D eigenvalue weighted by Gasteiger charge is 2.36. The molecule has 0 radical (unpaired) electrons. The van der Waals surface area contributed by atoms with Gasteiger partial charge in [0.25, 0.3) is 6.43 Å². The summed E-state index contributed by atoms with van der Waals surface area (Å²) in [6.07, 6.45) is -3.04. The normalized spacial score (nSPS) is 13.8. The summed E-state index contributed by atoms with van der Waals surface area (Å²) in [5.41, 5.74) is -3.18. The van der Waals surface area contributed by atoms with Crippen molar-refractivity contribution in [3.05, 3.63) is 51.8 Å². The van der Waals surface area contributed by atoms with E-state index in [-0.39, 0.29) is 5.56 Å². The van der Waals surface area contributed by atoms with E-state index >= 15 is 0 Å². The van der Waals surface area contributed by atoms with Gasteiger partial charge in [-0.2, -0.15) is 0 Å². The number of carbonyl (C=O) groups excluding carboxylic acids is 1. The molecule has 164 valence electrons. The van der Waals surface area contributed by atoms with E-state index in [0.29, 0.717) is 4.47 Å². The van der Waals surface area contributed by atoms with Crippen molar-refractivity contribution in [3.8, 4) is 0 Å². The minimum atomic E-state index is -3.00. The van der Waals surface area contributed by atoms with Crippen molar-refractivity contribution in [2.24, 2.45) is 0 Å². The molecule has 0 aliphatic carbocycles. The number of aromatic carboxylic acids is 1. The van der Waals surface area contributed by atoms with Crippen molar-refractivity contribution < 1.29 is 32.6 Å². The van der Waals surface area contributed by atoms with Crippen LogP contribution in [0.2, 0.25) is 0 Å². The highest BCUT2D eigenvalue weighted by molar-refractivity contribution is 9.10. The fraction of sp³-hybridized carbons (Fsp3) is 0.421. The Morgan fingerprint density at radius 2 is 1.93 bits per heavy atom. The number of benzene rings is 1. The van der Waals surface area contributed by atoms with Gasteiger partial charge in [-0.05, 0) is 45.9 Å². The summed E-state index contributed by atoms with van der Waals surface area (Å²) in [6.45, 7) is 5.93. The smallest absolute Gasteiger partial charge is 0.408 e. The Hall–Kier alpha value is -2.56. The molecule has 0 saturated heterocycles. The number of hydrogen-bond acceptors (Lipinski definition) is 4. The fourth-order valence-corrected chi connectivity index (χ4v) is 3.18. The number of carboxylic acids is 1. The van der Waals surface area contributed by atoms with E-state index in [0.717, 1.165) is 16.8 Å². The largest absolute Gasteiger partial charge is 0.475 e. The molecule has 2 N–H and O–H groups in total. The lowest BCUT2D eigenvalue weighted by atomic mass is 9.91. The third-order valence-electron chi connectivity index (χ3n) is 4.00. The summed E-state index contributed by atoms with van der Waals surface area (Å²) in [7, 11) is 0. The molecule has 1 amide bonds. The van der Waals surface area contributed by atoms with Gasteiger partial charge in [-0.15, -0.1) is 0 Å². The molecule has 0 aliphatic rings. The minimum Gasteiger partial charge on any atom is -0.475 e. The lowest BCUT2D eigenvalue weighted by Crippen LogP contribution is -2.49. The van der Waals surface area contributed by atoms with Crippen molar-refractivity contribution in [2.75, 3.05) is 0 Å². The van der Waals surface area contributed by atoms with E-state index in [1.807, 2.05) is 0 Å². The van der Waals surface area contributed by atoms with Crippen molar-refractivity contribution >= 4 is 28.0 Å². The SMILES string of the molecule is CC(C)(C)OC(=O)N[C@@](C)(Cn1cc(C(F)F)nc1C(=O)O)c1cc(Br)ccc1F. The zero-order valence-corrected chi connectivity index (χ0v) is 18.3. The molecule has 0 spiro atoms. The number of alkyl carbamates (subject to hydrolysis) is 1. The van der Waals surface area contributed by atoms with Crippen LogP contribution < -0.4 is 5.32 Å². The monoisotopic (exact) mass is 491 g/mol. The Kier molecular flexibility index (Phi) is 6.85. The fourth-order valence-electron chi connectivity index (χ4n) is 2.81. The molecule has 7 nitrogen and oxygen atoms in total. The average molecular weight is 492 g/mol. The van der Waals surface area contributed by atoms with Gasteiger partial charge < -0.3 is 19.7 Å². The number of carbonyl (C=O) groups is 2. The second-order valence-electron chi connectivity index (χ2n) is 7.81. The van der Waals surface area contributed by atoms with Gasteiger partial charge in [-0.25, -0.2) is 27.7 Å². The maximum Gasteiger partial charge on any atom is 0.408 e. The van der Waals surface area contributed by atoms with Gasteiger partial charge in [0, 0.05) is 16.2 Å². The quantitative estimate of drug-likeness (QED) is 0.601. The molecule has 30 heavy (non-hydrogen) atoms. The Balaban J connectivity index is 2.56. The van der Waals surface area contributed by atoms with Crippen molar-refractivity contribution in [1.29, 1.82) is 0 Å². The summed E-state index contributed by atoms with van der Waals surface area (Å²) < 4.78 is 47.5. The number of hydrogen-bond donors (Lipinski definition) is 2. The summed E-state index contributed by atoms with van der Waals surface area (Å²) in [5, 5.41) is 11.9. The van der Waals surface area contributed by atoms with E-state index in [4.69, 9.17) is 4.74 Å². The number of imidazole rings is 1. The molecule has 1 heterocycles. The highest BCUT2D eigenvalue weighted by atomic mass is 79.9. The standard InChI is InChI=1S/C19H21BrF3N3O4/c1-18(2,3)30-17(29)25-19(4,11-7-10(20)5-6-12(11)21)9-26-8-13(14(22)23)24-15(26)16(27)28/h5-8,14H,9H2,1-4H3,(H,25,29)(H,27,28)/t19-/m0/s1. The topological polar surface area (TPSA) is 93.5 Å². The summed E-state index contributed by atoms with van der Waals surface area (Å²) in [6, 6.07) is 4.00. The van der Waals surface area contributed by atoms with Crippen LogP contribution >= 0.6 is 15.9 Å². The molecule has 2 aromatic rings. The molecule has 2 rings (SSSR count). The van der Waals surface area contributed by atoms with E-state index < -0.39 is 53.5 Å². The van der Waals surface area contributed by atoms with Crippen LogP contribution in [0.1, 0.15) is 56.0 Å². The zero-order chi connectivity index (χ0) is 22.9. The van der Waals surface area contributed by atoms with Crippen LogP contribution in [0.3, 0.4) is 0 Å². The number of halogens is 4. The predicted molar refractivity (Wildman–Crippen MR) is 105 cm³/mol. The number of nitrogens with one attached hydrogen (secondary N) is 1. The third kappa shape index (κ3) is 5.74. The third-order valence-corrected chi connectivity index (χ3v) is 4.49. The van der Waals surface area contributed by atoms with Gasteiger partial charge in [-0.3, -0.25) is 0 Å². The highest BCUT2D eigenvalue weighted by Crippen LogP contribution is 2.30. The Morgan fingerprint density at radius 1 is 1.30 bits per heavy atom. The van der Waals surface area contributed by atoms with Crippen molar-refractivity contribution in [3.63, 3.8) is 0 Å². The van der Waals surface area contributed by atoms with Crippen LogP contribution in [0.15, 0.2) is 28.9 Å². The number of rotatable bonds is 6. The molecule has 1 aromatic carbocycles. The second kappa shape index (κ2) is 8.66. The zero-order valence-electron chi connectivity index (χ0n) is 16.7. The summed E-state index contributed by atoms with van der Waals surface area (Å²) >= 11 is 3.23. The molecule has 11 heteroatoms. The molecule has 0 saturated carbocycles. The maximum absolute atomic E-state index is 14.7. The first kappa shape index (κ1) is 23.7. The van der Waals surface area contributed by atoms with Crippen LogP contribution in [0.25, 0.3) is 0 Å². The van der Waals surface area contributed by atoms with Crippen molar-refractivity contribution in [2.45, 2.75) is 51.8 Å². The van der Waals surface area contributed by atoms with Gasteiger partial charge in [0.15, 0.2) is 0 Å². The molecular weight excluding hydrogens is 471 g/mol. The van der Waals surface area contributed by atoms with Gasteiger partial charge >= 0.3 is 12.1 Å². The number of nitrogens with zero attached hydrogens (tertiary/aromatic N) is 2. The van der Waals surface area contributed by atoms with Gasteiger partial charge in [0.05, 0.1) is 12.1 Å². The number of aromatic nitrogens is 2. The molecule has 0 aliphatic heterocycles. The van der Waals surface area contributed by atoms with Crippen LogP contribution in [0.5, 0.6) is 0 Å². The lowest BCUT2D eigenvalue weighted by molar-refractivity contribution is 0.0447. The molecule has 0 fully saturated rings. The first-order valence-corrected chi connectivity index (χ1v) is 9.56. The molecule has 1 aromatic heterocycles. The number of carboxylic acid groups (broad SMARTS) is 1. The van der Waals surface area contributed by atoms with Crippen LogP contribution in [-0.4, -0.2) is 32.3 Å². The van der Waals surface area contributed by atoms with Gasteiger partial charge in [-0.1, -0.05) is 15.9 Å². The van der Waals surface area contributed by atoms with Gasteiger partial charge in [0.2, 0.25) is 5.82 Å². The summed E-state index contributed by atoms with van der Waals surface area (Å²) in [5.74, 6) is -2.91.